The van der Waals surface area contributed by atoms with Gasteiger partial charge in [-0.3, -0.25) is 9.69 Å². The Hall–Kier alpha value is -2.99. The molecular formula is C21H21ClN2O4. The number of nitrogens with one attached hydrogen (secondary N) is 1. The molecule has 1 fully saturated rings. The SMILES string of the molecule is CCOc1cc(/C=C2/NC(=O)N(Cc3ccccc3)C2=O)cc(Cl)c1OCC. The maximum absolute atomic E-state index is 12.7. The van der Waals surface area contributed by atoms with Gasteiger partial charge in [0.2, 0.25) is 0 Å². The van der Waals surface area contributed by atoms with Crippen LogP contribution in [0.15, 0.2) is 48.2 Å². The van der Waals surface area contributed by atoms with Crippen LogP contribution in [0.4, 0.5) is 4.79 Å². The van der Waals surface area contributed by atoms with Crippen molar-refractivity contribution in [2.75, 3.05) is 13.2 Å². The first kappa shape index (κ1) is 19.8. The van der Waals surface area contributed by atoms with Gasteiger partial charge >= 0.3 is 6.03 Å². The highest BCUT2D eigenvalue weighted by Crippen LogP contribution is 2.37. The lowest BCUT2D eigenvalue weighted by Crippen LogP contribution is -2.30. The summed E-state index contributed by atoms with van der Waals surface area (Å²) in [5, 5.41) is 2.99. The van der Waals surface area contributed by atoms with Crippen molar-refractivity contribution in [1.29, 1.82) is 0 Å². The monoisotopic (exact) mass is 400 g/mol. The average molecular weight is 401 g/mol. The largest absolute Gasteiger partial charge is 0.490 e. The highest BCUT2D eigenvalue weighted by Gasteiger charge is 2.33. The Kier molecular flexibility index (Phi) is 6.21. The van der Waals surface area contributed by atoms with Gasteiger partial charge in [-0.05, 0) is 43.2 Å². The minimum absolute atomic E-state index is 0.184. The lowest BCUT2D eigenvalue weighted by molar-refractivity contribution is -0.123. The summed E-state index contributed by atoms with van der Waals surface area (Å²) >= 11 is 6.32. The number of benzene rings is 2. The van der Waals surface area contributed by atoms with Gasteiger partial charge in [-0.15, -0.1) is 0 Å². The molecule has 2 aromatic carbocycles. The van der Waals surface area contributed by atoms with Gasteiger partial charge in [-0.1, -0.05) is 41.9 Å². The zero-order chi connectivity index (χ0) is 20.1. The molecule has 146 valence electrons. The summed E-state index contributed by atoms with van der Waals surface area (Å²) in [6, 6.07) is 12.3. The van der Waals surface area contributed by atoms with Crippen molar-refractivity contribution in [3.05, 3.63) is 64.3 Å². The molecule has 0 aliphatic carbocycles. The van der Waals surface area contributed by atoms with Crippen molar-refractivity contribution >= 4 is 29.6 Å². The summed E-state index contributed by atoms with van der Waals surface area (Å²) in [5.41, 5.74) is 1.68. The minimum atomic E-state index is -0.456. The second kappa shape index (κ2) is 8.80. The quantitative estimate of drug-likeness (QED) is 0.557. The van der Waals surface area contributed by atoms with E-state index in [2.05, 4.69) is 5.32 Å². The first-order valence-electron chi connectivity index (χ1n) is 9.01. The Morgan fingerprint density at radius 2 is 1.79 bits per heavy atom. The van der Waals surface area contributed by atoms with Crippen LogP contribution < -0.4 is 14.8 Å². The van der Waals surface area contributed by atoms with Crippen LogP contribution in [-0.4, -0.2) is 30.1 Å². The van der Waals surface area contributed by atoms with E-state index in [-0.39, 0.29) is 12.2 Å². The van der Waals surface area contributed by atoms with E-state index in [0.717, 1.165) is 5.56 Å². The van der Waals surface area contributed by atoms with Crippen molar-refractivity contribution in [2.45, 2.75) is 20.4 Å². The fourth-order valence-corrected chi connectivity index (χ4v) is 3.14. The second-order valence-electron chi connectivity index (χ2n) is 6.06. The molecular weight excluding hydrogens is 380 g/mol. The highest BCUT2D eigenvalue weighted by atomic mass is 35.5. The molecule has 1 saturated heterocycles. The Bertz CT molecular complexity index is 912. The third-order valence-corrected chi connectivity index (χ3v) is 4.36. The first-order valence-corrected chi connectivity index (χ1v) is 9.38. The molecule has 3 rings (SSSR count). The maximum Gasteiger partial charge on any atom is 0.329 e. The highest BCUT2D eigenvalue weighted by molar-refractivity contribution is 6.32. The van der Waals surface area contributed by atoms with E-state index in [4.69, 9.17) is 21.1 Å². The third kappa shape index (κ3) is 4.28. The zero-order valence-corrected chi connectivity index (χ0v) is 16.5. The molecule has 1 aliphatic heterocycles. The standard InChI is InChI=1S/C21H21ClN2O4/c1-3-27-18-12-15(10-16(22)19(18)28-4-2)11-17-20(25)24(21(26)23-17)13-14-8-6-5-7-9-14/h5-12H,3-4,13H2,1-2H3,(H,23,26)/b17-11+. The smallest absolute Gasteiger partial charge is 0.329 e. The molecule has 1 heterocycles. The number of amides is 3. The van der Waals surface area contributed by atoms with E-state index < -0.39 is 11.9 Å². The number of nitrogens with zero attached hydrogens (tertiary/aromatic N) is 1. The number of ether oxygens (including phenoxy) is 2. The van der Waals surface area contributed by atoms with E-state index in [1.165, 1.54) is 4.90 Å². The minimum Gasteiger partial charge on any atom is -0.490 e. The number of imide groups is 1. The molecule has 0 saturated carbocycles. The molecule has 2 aromatic rings. The average Bonchev–Trinajstić information content (AvgIpc) is 2.93. The van der Waals surface area contributed by atoms with Crippen molar-refractivity contribution in [3.8, 4) is 11.5 Å². The Morgan fingerprint density at radius 1 is 1.07 bits per heavy atom. The summed E-state index contributed by atoms with van der Waals surface area (Å²) in [6.07, 6.45) is 1.58. The molecule has 0 atom stereocenters. The van der Waals surface area contributed by atoms with Gasteiger partial charge in [0.05, 0.1) is 24.8 Å². The number of carbonyl (C=O) groups excluding carboxylic acids is 2. The molecule has 7 heteroatoms. The molecule has 1 N–H and O–H groups in total. The lowest BCUT2D eigenvalue weighted by Gasteiger charge is -2.13. The Labute approximate surface area is 168 Å². The topological polar surface area (TPSA) is 67.9 Å². The summed E-state index contributed by atoms with van der Waals surface area (Å²) in [6.45, 7) is 4.81. The molecule has 1 aliphatic rings. The lowest BCUT2D eigenvalue weighted by atomic mass is 10.1. The number of hydrogen-bond acceptors (Lipinski definition) is 4. The molecule has 3 amide bonds. The van der Waals surface area contributed by atoms with Gasteiger partial charge in [0, 0.05) is 0 Å². The number of halogens is 1. The molecule has 6 nitrogen and oxygen atoms in total. The number of rotatable bonds is 7. The first-order chi connectivity index (χ1) is 13.5. The molecule has 28 heavy (non-hydrogen) atoms. The van der Waals surface area contributed by atoms with Crippen LogP contribution >= 0.6 is 11.6 Å². The van der Waals surface area contributed by atoms with E-state index in [1.807, 2.05) is 44.2 Å². The number of hydrogen-bond donors (Lipinski definition) is 1. The fourth-order valence-electron chi connectivity index (χ4n) is 2.87. The van der Waals surface area contributed by atoms with Crippen LogP contribution in [-0.2, 0) is 11.3 Å². The Morgan fingerprint density at radius 3 is 2.46 bits per heavy atom. The van der Waals surface area contributed by atoms with Gasteiger partial charge in [0.1, 0.15) is 5.70 Å². The predicted octanol–water partition coefficient (Wildman–Crippen LogP) is 4.23. The van der Waals surface area contributed by atoms with Gasteiger partial charge < -0.3 is 14.8 Å². The third-order valence-electron chi connectivity index (χ3n) is 4.08. The van der Waals surface area contributed by atoms with Crippen molar-refractivity contribution in [2.24, 2.45) is 0 Å². The van der Waals surface area contributed by atoms with Crippen LogP contribution in [0.2, 0.25) is 5.02 Å². The van der Waals surface area contributed by atoms with Crippen molar-refractivity contribution in [1.82, 2.24) is 10.2 Å². The summed E-state index contributed by atoms with van der Waals surface area (Å²) in [4.78, 5) is 26.1. The molecule has 0 aromatic heterocycles. The van der Waals surface area contributed by atoms with Crippen molar-refractivity contribution < 1.29 is 19.1 Å². The number of carbonyl (C=O) groups is 2. The molecule has 0 spiro atoms. The van der Waals surface area contributed by atoms with Gasteiger partial charge in [-0.2, -0.15) is 0 Å². The van der Waals surface area contributed by atoms with Crippen LogP contribution in [0.5, 0.6) is 11.5 Å². The van der Waals surface area contributed by atoms with Gasteiger partial charge in [0.25, 0.3) is 5.91 Å². The van der Waals surface area contributed by atoms with Crippen LogP contribution in [0, 0.1) is 0 Å². The van der Waals surface area contributed by atoms with Gasteiger partial charge in [-0.25, -0.2) is 4.79 Å². The second-order valence-corrected chi connectivity index (χ2v) is 6.47. The van der Waals surface area contributed by atoms with E-state index in [0.29, 0.717) is 35.3 Å². The van der Waals surface area contributed by atoms with Crippen LogP contribution in [0.3, 0.4) is 0 Å². The predicted molar refractivity (Wildman–Crippen MR) is 107 cm³/mol. The summed E-state index contributed by atoms with van der Waals surface area (Å²) in [7, 11) is 0. The van der Waals surface area contributed by atoms with E-state index >= 15 is 0 Å². The summed E-state index contributed by atoms with van der Waals surface area (Å²) in [5.74, 6) is 0.555. The van der Waals surface area contributed by atoms with Crippen molar-refractivity contribution in [3.63, 3.8) is 0 Å². The molecule has 0 bridgehead atoms. The van der Waals surface area contributed by atoms with E-state index in [1.54, 1.807) is 18.2 Å². The maximum atomic E-state index is 12.7. The molecule has 0 unspecified atom stereocenters. The zero-order valence-electron chi connectivity index (χ0n) is 15.7. The fraction of sp³-hybridized carbons (Fsp3) is 0.238. The van der Waals surface area contributed by atoms with Gasteiger partial charge in [0.15, 0.2) is 11.5 Å². The molecule has 0 radical (unpaired) electrons. The number of urea groups is 1. The Balaban J connectivity index is 1.87. The van der Waals surface area contributed by atoms with E-state index in [9.17, 15) is 9.59 Å². The normalized spacial score (nSPS) is 15.1. The van der Waals surface area contributed by atoms with Crippen LogP contribution in [0.1, 0.15) is 25.0 Å². The summed E-state index contributed by atoms with van der Waals surface area (Å²) < 4.78 is 11.1. The van der Waals surface area contributed by atoms with Crippen LogP contribution in [0.25, 0.3) is 6.08 Å².